The molecule has 0 aliphatic carbocycles. The summed E-state index contributed by atoms with van der Waals surface area (Å²) in [7, 11) is 0. The molecule has 4 nitrogen and oxygen atoms in total. The standard InChI is InChI=1S/C13H10Cl3N3O/c1-7(20)9-3-5-10(6-4-9)11-17-8(2)18-12(19-11)13(14,15)16/h3-6H,1-2H3. The lowest BCUT2D eigenvalue weighted by Gasteiger charge is -2.11. The molecule has 7 heteroatoms. The Kier molecular flexibility index (Phi) is 4.28. The smallest absolute Gasteiger partial charge is 0.250 e. The van der Waals surface area contributed by atoms with Gasteiger partial charge >= 0.3 is 0 Å². The molecular formula is C13H10Cl3N3O. The summed E-state index contributed by atoms with van der Waals surface area (Å²) in [5.74, 6) is 0.909. The Morgan fingerprint density at radius 3 is 2.15 bits per heavy atom. The first-order chi connectivity index (χ1) is 9.27. The Balaban J connectivity index is 2.47. The lowest BCUT2D eigenvalue weighted by Crippen LogP contribution is -2.11. The van der Waals surface area contributed by atoms with Crippen molar-refractivity contribution in [2.75, 3.05) is 0 Å². The molecule has 0 aliphatic heterocycles. The second-order valence-corrected chi connectivity index (χ2v) is 6.44. The van der Waals surface area contributed by atoms with Crippen LogP contribution in [0.25, 0.3) is 11.4 Å². The summed E-state index contributed by atoms with van der Waals surface area (Å²) in [6.45, 7) is 3.19. The third kappa shape index (κ3) is 3.45. The summed E-state index contributed by atoms with van der Waals surface area (Å²) in [4.78, 5) is 23.6. The Morgan fingerprint density at radius 1 is 1.05 bits per heavy atom. The molecule has 104 valence electrons. The van der Waals surface area contributed by atoms with Gasteiger partial charge in [-0.3, -0.25) is 4.79 Å². The highest BCUT2D eigenvalue weighted by Gasteiger charge is 2.27. The fraction of sp³-hybridized carbons (Fsp3) is 0.231. The average molecular weight is 331 g/mol. The summed E-state index contributed by atoms with van der Waals surface area (Å²) in [5.41, 5.74) is 1.33. The first-order valence-corrected chi connectivity index (χ1v) is 6.82. The van der Waals surface area contributed by atoms with Gasteiger partial charge in [-0.15, -0.1) is 0 Å². The van der Waals surface area contributed by atoms with E-state index < -0.39 is 3.79 Å². The van der Waals surface area contributed by atoms with Gasteiger partial charge in [0.2, 0.25) is 3.79 Å². The van der Waals surface area contributed by atoms with E-state index in [0.717, 1.165) is 5.56 Å². The van der Waals surface area contributed by atoms with Crippen molar-refractivity contribution >= 4 is 40.6 Å². The Bertz CT molecular complexity index is 651. The molecule has 0 bridgehead atoms. The molecule has 0 amide bonds. The number of aromatic nitrogens is 3. The van der Waals surface area contributed by atoms with Crippen LogP contribution in [0, 0.1) is 6.92 Å². The van der Waals surface area contributed by atoms with Crippen LogP contribution in [-0.4, -0.2) is 20.7 Å². The number of hydrogen-bond donors (Lipinski definition) is 0. The number of Topliss-reactive ketones (excluding diaryl/α,β-unsaturated/α-hetero) is 1. The van der Waals surface area contributed by atoms with Gasteiger partial charge in [-0.1, -0.05) is 59.1 Å². The van der Waals surface area contributed by atoms with Gasteiger partial charge < -0.3 is 0 Å². The van der Waals surface area contributed by atoms with Crippen molar-refractivity contribution in [1.82, 2.24) is 15.0 Å². The Morgan fingerprint density at radius 2 is 1.65 bits per heavy atom. The van der Waals surface area contributed by atoms with E-state index in [1.165, 1.54) is 6.92 Å². The summed E-state index contributed by atoms with van der Waals surface area (Å²) >= 11 is 17.4. The van der Waals surface area contributed by atoms with Crippen molar-refractivity contribution in [3.63, 3.8) is 0 Å². The highest BCUT2D eigenvalue weighted by Crippen LogP contribution is 2.36. The maximum Gasteiger partial charge on any atom is 0.250 e. The largest absolute Gasteiger partial charge is 0.295 e. The maximum absolute atomic E-state index is 11.2. The number of benzene rings is 1. The number of carbonyl (C=O) groups is 1. The van der Waals surface area contributed by atoms with Crippen LogP contribution in [-0.2, 0) is 3.79 Å². The molecule has 20 heavy (non-hydrogen) atoms. The quantitative estimate of drug-likeness (QED) is 0.619. The van der Waals surface area contributed by atoms with Crippen molar-refractivity contribution in [2.24, 2.45) is 0 Å². The van der Waals surface area contributed by atoms with Crippen LogP contribution < -0.4 is 0 Å². The number of aryl methyl sites for hydroxylation is 1. The van der Waals surface area contributed by atoms with E-state index in [9.17, 15) is 4.79 Å². The van der Waals surface area contributed by atoms with Crippen LogP contribution in [0.4, 0.5) is 0 Å². The molecule has 2 aromatic rings. The van der Waals surface area contributed by atoms with E-state index in [1.54, 1.807) is 31.2 Å². The molecule has 0 aliphatic rings. The lowest BCUT2D eigenvalue weighted by atomic mass is 10.1. The monoisotopic (exact) mass is 329 g/mol. The van der Waals surface area contributed by atoms with Crippen molar-refractivity contribution in [1.29, 1.82) is 0 Å². The number of rotatable bonds is 2. The van der Waals surface area contributed by atoms with Crippen LogP contribution in [0.15, 0.2) is 24.3 Å². The third-order valence-corrected chi connectivity index (χ3v) is 3.06. The van der Waals surface area contributed by atoms with Gasteiger partial charge in [-0.05, 0) is 13.8 Å². The van der Waals surface area contributed by atoms with Gasteiger partial charge in [0.25, 0.3) is 0 Å². The molecule has 0 radical (unpaired) electrons. The summed E-state index contributed by atoms with van der Waals surface area (Å²) in [6.07, 6.45) is 0. The van der Waals surface area contributed by atoms with E-state index in [1.807, 2.05) is 0 Å². The maximum atomic E-state index is 11.2. The number of ketones is 1. The average Bonchev–Trinajstić information content (AvgIpc) is 2.37. The third-order valence-electron chi connectivity index (χ3n) is 2.55. The minimum Gasteiger partial charge on any atom is -0.295 e. The summed E-state index contributed by atoms with van der Waals surface area (Å²) in [5, 5.41) is 0. The van der Waals surface area contributed by atoms with Gasteiger partial charge in [0.05, 0.1) is 0 Å². The topological polar surface area (TPSA) is 55.7 Å². The molecule has 1 aromatic heterocycles. The van der Waals surface area contributed by atoms with Crippen LogP contribution in [0.5, 0.6) is 0 Å². The predicted molar refractivity (Wildman–Crippen MR) is 79.2 cm³/mol. The fourth-order valence-electron chi connectivity index (χ4n) is 1.59. The number of alkyl halides is 3. The van der Waals surface area contributed by atoms with Gasteiger partial charge in [-0.2, -0.15) is 0 Å². The second-order valence-electron chi connectivity index (χ2n) is 4.16. The molecule has 0 fully saturated rings. The van der Waals surface area contributed by atoms with E-state index in [-0.39, 0.29) is 11.6 Å². The van der Waals surface area contributed by atoms with Gasteiger partial charge in [-0.25, -0.2) is 15.0 Å². The van der Waals surface area contributed by atoms with Crippen molar-refractivity contribution in [3.8, 4) is 11.4 Å². The SMILES string of the molecule is CC(=O)c1ccc(-c2nc(C)nc(C(Cl)(Cl)Cl)n2)cc1. The molecule has 0 saturated carbocycles. The molecule has 0 saturated heterocycles. The van der Waals surface area contributed by atoms with Gasteiger partial charge in [0, 0.05) is 11.1 Å². The number of halogens is 3. The number of hydrogen-bond acceptors (Lipinski definition) is 4. The molecule has 0 unspecified atom stereocenters. The van der Waals surface area contributed by atoms with Crippen molar-refractivity contribution in [3.05, 3.63) is 41.5 Å². The van der Waals surface area contributed by atoms with Gasteiger partial charge in [0.1, 0.15) is 5.82 Å². The van der Waals surface area contributed by atoms with E-state index in [4.69, 9.17) is 34.8 Å². The zero-order valence-corrected chi connectivity index (χ0v) is 13.0. The molecule has 1 heterocycles. The number of nitrogens with zero attached hydrogens (tertiary/aromatic N) is 3. The molecular weight excluding hydrogens is 321 g/mol. The molecule has 0 spiro atoms. The summed E-state index contributed by atoms with van der Waals surface area (Å²) in [6, 6.07) is 6.89. The van der Waals surface area contributed by atoms with Crippen LogP contribution in [0.3, 0.4) is 0 Å². The molecule has 0 N–H and O–H groups in total. The number of carbonyl (C=O) groups excluding carboxylic acids is 1. The molecule has 1 aromatic carbocycles. The molecule has 0 atom stereocenters. The van der Waals surface area contributed by atoms with E-state index in [0.29, 0.717) is 17.2 Å². The highest BCUT2D eigenvalue weighted by atomic mass is 35.6. The zero-order chi connectivity index (χ0) is 14.9. The first kappa shape index (κ1) is 15.2. The van der Waals surface area contributed by atoms with Crippen LogP contribution in [0.2, 0.25) is 0 Å². The Hall–Kier alpha value is -1.23. The van der Waals surface area contributed by atoms with E-state index >= 15 is 0 Å². The minimum absolute atomic E-state index is 0.00893. The second kappa shape index (κ2) is 5.64. The predicted octanol–water partition coefficient (Wildman–Crippen LogP) is 3.88. The van der Waals surface area contributed by atoms with Crippen LogP contribution >= 0.6 is 34.8 Å². The van der Waals surface area contributed by atoms with Gasteiger partial charge in [0.15, 0.2) is 17.4 Å². The van der Waals surface area contributed by atoms with E-state index in [2.05, 4.69) is 15.0 Å². The highest BCUT2D eigenvalue weighted by molar-refractivity contribution is 6.66. The van der Waals surface area contributed by atoms with Crippen LogP contribution in [0.1, 0.15) is 28.9 Å². The van der Waals surface area contributed by atoms with Crippen molar-refractivity contribution in [2.45, 2.75) is 17.6 Å². The Labute approximate surface area is 131 Å². The summed E-state index contributed by atoms with van der Waals surface area (Å²) < 4.78 is -1.71. The minimum atomic E-state index is -1.71. The fourth-order valence-corrected chi connectivity index (χ4v) is 1.85. The van der Waals surface area contributed by atoms with Crippen molar-refractivity contribution < 1.29 is 4.79 Å². The zero-order valence-electron chi connectivity index (χ0n) is 10.7. The molecule has 2 rings (SSSR count). The first-order valence-electron chi connectivity index (χ1n) is 5.68. The lowest BCUT2D eigenvalue weighted by molar-refractivity contribution is 0.101. The normalized spacial score (nSPS) is 11.4.